The van der Waals surface area contributed by atoms with Crippen LogP contribution in [0.25, 0.3) is 0 Å². The maximum absolute atomic E-state index is 8.95. The highest BCUT2D eigenvalue weighted by Crippen LogP contribution is 2.27. The van der Waals surface area contributed by atoms with E-state index in [9.17, 15) is 0 Å². The molecule has 2 rings (SSSR count). The van der Waals surface area contributed by atoms with Crippen LogP contribution in [0.2, 0.25) is 0 Å². The first kappa shape index (κ1) is 12.3. The number of aliphatic hydroxyl groups excluding tert-OH is 1. The van der Waals surface area contributed by atoms with E-state index in [0.717, 1.165) is 31.6 Å². The molecule has 1 fully saturated rings. The number of rotatable bonds is 4. The summed E-state index contributed by atoms with van der Waals surface area (Å²) in [6.45, 7) is 2.18. The molecule has 92 valence electrons. The van der Waals surface area contributed by atoms with Crippen LogP contribution in [0.1, 0.15) is 18.5 Å². The topological polar surface area (TPSA) is 62.4 Å². The molecule has 17 heavy (non-hydrogen) atoms. The van der Waals surface area contributed by atoms with Gasteiger partial charge in [0.15, 0.2) is 0 Å². The molecule has 1 aliphatic heterocycles. The molecule has 0 bridgehead atoms. The number of nitrogens with two attached hydrogens (primary N) is 1. The zero-order valence-electron chi connectivity index (χ0n) is 9.67. The Bertz CT molecular complexity index is 410. The number of thiocarbonyl (C=S) groups is 1. The fraction of sp³-hybridized carbons (Fsp3) is 0.500. The Labute approximate surface area is 106 Å². The van der Waals surface area contributed by atoms with Crippen molar-refractivity contribution in [1.29, 1.82) is 0 Å². The van der Waals surface area contributed by atoms with E-state index in [0.29, 0.717) is 16.6 Å². The van der Waals surface area contributed by atoms with E-state index in [-0.39, 0.29) is 6.61 Å². The Morgan fingerprint density at radius 2 is 2.47 bits per heavy atom. The number of anilines is 1. The van der Waals surface area contributed by atoms with E-state index >= 15 is 0 Å². The summed E-state index contributed by atoms with van der Waals surface area (Å²) in [5.41, 5.74) is 7.39. The summed E-state index contributed by atoms with van der Waals surface area (Å²) in [6, 6.07) is 3.90. The lowest BCUT2D eigenvalue weighted by molar-refractivity contribution is 0.263. The minimum absolute atomic E-state index is 0.258. The Kier molecular flexibility index (Phi) is 3.91. The minimum atomic E-state index is 0.258. The summed E-state index contributed by atoms with van der Waals surface area (Å²) >= 11 is 5.01. The van der Waals surface area contributed by atoms with E-state index < -0.39 is 0 Å². The average Bonchev–Trinajstić information content (AvgIpc) is 2.78. The van der Waals surface area contributed by atoms with Crippen LogP contribution in [0, 0.1) is 5.92 Å². The van der Waals surface area contributed by atoms with Gasteiger partial charge in [-0.3, -0.25) is 4.98 Å². The molecule has 3 N–H and O–H groups in total. The van der Waals surface area contributed by atoms with Crippen LogP contribution in [0.3, 0.4) is 0 Å². The lowest BCUT2D eigenvalue weighted by atomic mass is 10.1. The molecule has 1 unspecified atom stereocenters. The van der Waals surface area contributed by atoms with Gasteiger partial charge in [0, 0.05) is 25.9 Å². The van der Waals surface area contributed by atoms with Crippen LogP contribution < -0.4 is 10.6 Å². The Hall–Kier alpha value is -1.20. The van der Waals surface area contributed by atoms with Gasteiger partial charge in [-0.25, -0.2) is 0 Å². The number of aliphatic hydroxyl groups is 1. The van der Waals surface area contributed by atoms with Crippen LogP contribution in [-0.4, -0.2) is 34.8 Å². The molecule has 1 aromatic rings. The molecule has 1 saturated heterocycles. The first-order chi connectivity index (χ1) is 8.22. The van der Waals surface area contributed by atoms with Crippen LogP contribution >= 0.6 is 12.2 Å². The molecule has 2 heterocycles. The standard InChI is InChI=1S/C12H17N3OS/c13-12(17)11-10(2-1-5-14-11)15-6-3-9(8-15)4-7-16/h1-2,5,9,16H,3-4,6-8H2,(H2,13,17). The van der Waals surface area contributed by atoms with Gasteiger partial charge in [0.1, 0.15) is 10.7 Å². The lowest BCUT2D eigenvalue weighted by Gasteiger charge is -2.20. The molecular weight excluding hydrogens is 234 g/mol. The molecule has 0 spiro atoms. The van der Waals surface area contributed by atoms with Crippen LogP contribution in [0.5, 0.6) is 0 Å². The normalized spacial score (nSPS) is 19.6. The third-order valence-corrected chi connectivity index (χ3v) is 3.38. The summed E-state index contributed by atoms with van der Waals surface area (Å²) < 4.78 is 0. The van der Waals surface area contributed by atoms with Crippen molar-refractivity contribution in [2.45, 2.75) is 12.8 Å². The highest BCUT2D eigenvalue weighted by molar-refractivity contribution is 7.80. The van der Waals surface area contributed by atoms with Gasteiger partial charge >= 0.3 is 0 Å². The van der Waals surface area contributed by atoms with Gasteiger partial charge < -0.3 is 15.7 Å². The minimum Gasteiger partial charge on any atom is -0.396 e. The third kappa shape index (κ3) is 2.73. The van der Waals surface area contributed by atoms with Crippen molar-refractivity contribution < 1.29 is 5.11 Å². The molecule has 4 nitrogen and oxygen atoms in total. The average molecular weight is 251 g/mol. The van der Waals surface area contributed by atoms with Crippen molar-refractivity contribution in [2.24, 2.45) is 11.7 Å². The van der Waals surface area contributed by atoms with Crippen molar-refractivity contribution in [3.05, 3.63) is 24.0 Å². The lowest BCUT2D eigenvalue weighted by Crippen LogP contribution is -2.24. The van der Waals surface area contributed by atoms with E-state index in [4.69, 9.17) is 23.1 Å². The van der Waals surface area contributed by atoms with Crippen molar-refractivity contribution in [3.8, 4) is 0 Å². The molecule has 0 radical (unpaired) electrons. The Balaban J connectivity index is 2.16. The molecule has 0 aromatic carbocycles. The van der Waals surface area contributed by atoms with Crippen molar-refractivity contribution in [3.63, 3.8) is 0 Å². The van der Waals surface area contributed by atoms with Gasteiger partial charge in [-0.05, 0) is 30.9 Å². The quantitative estimate of drug-likeness (QED) is 0.779. The van der Waals surface area contributed by atoms with Crippen LogP contribution in [0.4, 0.5) is 5.69 Å². The van der Waals surface area contributed by atoms with Gasteiger partial charge in [0.2, 0.25) is 0 Å². The largest absolute Gasteiger partial charge is 0.396 e. The van der Waals surface area contributed by atoms with Gasteiger partial charge in [-0.2, -0.15) is 0 Å². The maximum Gasteiger partial charge on any atom is 0.124 e. The monoisotopic (exact) mass is 251 g/mol. The molecule has 0 aliphatic carbocycles. The highest BCUT2D eigenvalue weighted by Gasteiger charge is 2.24. The Morgan fingerprint density at radius 3 is 3.18 bits per heavy atom. The maximum atomic E-state index is 8.95. The van der Waals surface area contributed by atoms with Gasteiger partial charge in [-0.1, -0.05) is 12.2 Å². The molecular formula is C12H17N3OS. The summed E-state index contributed by atoms with van der Waals surface area (Å²) in [5.74, 6) is 0.555. The third-order valence-electron chi connectivity index (χ3n) is 3.18. The number of hydrogen-bond donors (Lipinski definition) is 2. The number of nitrogens with zero attached hydrogens (tertiary/aromatic N) is 2. The second-order valence-electron chi connectivity index (χ2n) is 4.35. The van der Waals surface area contributed by atoms with E-state index in [2.05, 4.69) is 9.88 Å². The smallest absolute Gasteiger partial charge is 0.124 e. The molecule has 1 aliphatic rings. The van der Waals surface area contributed by atoms with Crippen LogP contribution in [0.15, 0.2) is 18.3 Å². The summed E-state index contributed by atoms with van der Waals surface area (Å²) in [4.78, 5) is 6.83. The van der Waals surface area contributed by atoms with Crippen molar-refractivity contribution in [1.82, 2.24) is 4.98 Å². The van der Waals surface area contributed by atoms with Gasteiger partial charge in [-0.15, -0.1) is 0 Å². The highest BCUT2D eigenvalue weighted by atomic mass is 32.1. The van der Waals surface area contributed by atoms with Crippen molar-refractivity contribution in [2.75, 3.05) is 24.6 Å². The predicted molar refractivity (Wildman–Crippen MR) is 72.1 cm³/mol. The zero-order valence-corrected chi connectivity index (χ0v) is 10.5. The van der Waals surface area contributed by atoms with Crippen molar-refractivity contribution >= 4 is 22.9 Å². The van der Waals surface area contributed by atoms with Gasteiger partial charge in [0.05, 0.1) is 5.69 Å². The summed E-state index contributed by atoms with van der Waals surface area (Å²) in [7, 11) is 0. The van der Waals surface area contributed by atoms with Crippen LogP contribution in [-0.2, 0) is 0 Å². The molecule has 1 aromatic heterocycles. The molecule has 1 atom stereocenters. The van der Waals surface area contributed by atoms with E-state index in [1.54, 1.807) is 6.20 Å². The molecule has 0 saturated carbocycles. The summed E-state index contributed by atoms with van der Waals surface area (Å²) in [6.07, 6.45) is 3.67. The second-order valence-corrected chi connectivity index (χ2v) is 4.79. The Morgan fingerprint density at radius 1 is 1.65 bits per heavy atom. The number of hydrogen-bond acceptors (Lipinski definition) is 4. The fourth-order valence-corrected chi connectivity index (χ4v) is 2.47. The predicted octanol–water partition coefficient (Wildman–Crippen LogP) is 0.924. The van der Waals surface area contributed by atoms with E-state index in [1.807, 2.05) is 12.1 Å². The van der Waals surface area contributed by atoms with Gasteiger partial charge in [0.25, 0.3) is 0 Å². The fourth-order valence-electron chi connectivity index (χ4n) is 2.31. The molecule has 5 heteroatoms. The van der Waals surface area contributed by atoms with E-state index in [1.165, 1.54) is 0 Å². The first-order valence-electron chi connectivity index (χ1n) is 5.83. The number of aromatic nitrogens is 1. The molecule has 0 amide bonds. The number of pyridine rings is 1. The first-order valence-corrected chi connectivity index (χ1v) is 6.24. The second kappa shape index (κ2) is 5.42. The SMILES string of the molecule is NC(=S)c1ncccc1N1CCC(CCO)C1. The zero-order chi connectivity index (χ0) is 12.3. The summed E-state index contributed by atoms with van der Waals surface area (Å²) in [5, 5.41) is 8.95.